The first-order valence-corrected chi connectivity index (χ1v) is 8.81. The molecule has 0 radical (unpaired) electrons. The number of hydrogen-bond acceptors (Lipinski definition) is 2. The van der Waals surface area contributed by atoms with Crippen LogP contribution in [0.5, 0.6) is 0 Å². The molecule has 0 bridgehead atoms. The highest BCUT2D eigenvalue weighted by Gasteiger charge is 2.09. The molecule has 1 heterocycles. The minimum absolute atomic E-state index is 0.264. The number of para-hydroxylation sites is 1. The molecule has 1 aromatic heterocycles. The highest BCUT2D eigenvalue weighted by atomic mass is 32.2. The van der Waals surface area contributed by atoms with Gasteiger partial charge in [-0.05, 0) is 47.8 Å². The first-order chi connectivity index (χ1) is 9.76. The fourth-order valence-electron chi connectivity index (χ4n) is 2.60. The quantitative estimate of drug-likeness (QED) is 0.743. The molecule has 1 aromatic carbocycles. The normalized spacial score (nSPS) is 12.9. The molecule has 0 spiro atoms. The zero-order chi connectivity index (χ0) is 14.4. The van der Waals surface area contributed by atoms with Crippen molar-refractivity contribution in [1.82, 2.24) is 4.57 Å². The molecule has 110 valence electrons. The van der Waals surface area contributed by atoms with E-state index in [9.17, 15) is 0 Å². The van der Waals surface area contributed by atoms with Gasteiger partial charge in [-0.15, -0.1) is 0 Å². The first kappa shape index (κ1) is 15.5. The molecular formula is C17H26N2S. The summed E-state index contributed by atoms with van der Waals surface area (Å²) in [7, 11) is 0. The molecule has 0 fully saturated rings. The van der Waals surface area contributed by atoms with Gasteiger partial charge in [0, 0.05) is 18.8 Å². The van der Waals surface area contributed by atoms with Gasteiger partial charge in [-0.1, -0.05) is 32.0 Å². The fraction of sp³-hybridized carbons (Fsp3) is 0.529. The highest BCUT2D eigenvalue weighted by Crippen LogP contribution is 2.22. The lowest BCUT2D eigenvalue weighted by molar-refractivity contribution is 0.643. The molecule has 3 heteroatoms. The van der Waals surface area contributed by atoms with Crippen LogP contribution in [-0.4, -0.2) is 22.1 Å². The van der Waals surface area contributed by atoms with Crippen molar-refractivity contribution < 1.29 is 0 Å². The third kappa shape index (κ3) is 3.80. The summed E-state index contributed by atoms with van der Waals surface area (Å²) in [6, 6.07) is 9.07. The summed E-state index contributed by atoms with van der Waals surface area (Å²) in [5, 5.41) is 1.34. The third-order valence-corrected chi connectivity index (χ3v) is 4.76. The Morgan fingerprint density at radius 2 is 2.10 bits per heavy atom. The largest absolute Gasteiger partial charge is 0.347 e. The Balaban J connectivity index is 2.17. The van der Waals surface area contributed by atoms with Crippen molar-refractivity contribution >= 4 is 22.7 Å². The number of nitrogens with two attached hydrogens (primary N) is 1. The smallest absolute Gasteiger partial charge is 0.0513 e. The van der Waals surface area contributed by atoms with E-state index in [0.717, 1.165) is 19.4 Å². The van der Waals surface area contributed by atoms with Crippen molar-refractivity contribution in [1.29, 1.82) is 0 Å². The minimum atomic E-state index is 0.264. The summed E-state index contributed by atoms with van der Waals surface area (Å²) in [5.74, 6) is 2.45. The number of benzene rings is 1. The van der Waals surface area contributed by atoms with Crippen LogP contribution in [0.25, 0.3) is 10.9 Å². The van der Waals surface area contributed by atoms with Crippen molar-refractivity contribution in [2.45, 2.75) is 45.7 Å². The Bertz CT molecular complexity index is 533. The minimum Gasteiger partial charge on any atom is -0.347 e. The number of fused-ring (bicyclic) bond motifs is 1. The van der Waals surface area contributed by atoms with Crippen LogP contribution < -0.4 is 5.73 Å². The molecule has 0 aliphatic rings. The first-order valence-electron chi connectivity index (χ1n) is 7.66. The lowest BCUT2D eigenvalue weighted by Gasteiger charge is -2.13. The van der Waals surface area contributed by atoms with Gasteiger partial charge in [0.2, 0.25) is 0 Å². The van der Waals surface area contributed by atoms with Crippen LogP contribution in [0.2, 0.25) is 0 Å². The number of thioether (sulfide) groups is 1. The molecular weight excluding hydrogens is 264 g/mol. The zero-order valence-electron chi connectivity index (χ0n) is 12.6. The highest BCUT2D eigenvalue weighted by molar-refractivity contribution is 7.99. The van der Waals surface area contributed by atoms with Crippen LogP contribution in [0.15, 0.2) is 30.5 Å². The Labute approximate surface area is 126 Å². The Morgan fingerprint density at radius 1 is 1.25 bits per heavy atom. The lowest BCUT2D eigenvalue weighted by Crippen LogP contribution is -2.21. The van der Waals surface area contributed by atoms with E-state index in [-0.39, 0.29) is 6.04 Å². The van der Waals surface area contributed by atoms with Crippen molar-refractivity contribution in [2.24, 2.45) is 5.73 Å². The zero-order valence-corrected chi connectivity index (χ0v) is 13.5. The molecule has 1 atom stereocenters. The molecule has 0 aliphatic heterocycles. The fourth-order valence-corrected chi connectivity index (χ4v) is 3.22. The van der Waals surface area contributed by atoms with Gasteiger partial charge in [-0.2, -0.15) is 11.8 Å². The number of nitrogens with zero attached hydrogens (tertiary/aromatic N) is 1. The monoisotopic (exact) mass is 290 g/mol. The molecule has 2 rings (SSSR count). The van der Waals surface area contributed by atoms with Gasteiger partial charge in [0.15, 0.2) is 0 Å². The van der Waals surface area contributed by atoms with E-state index >= 15 is 0 Å². The van der Waals surface area contributed by atoms with Crippen molar-refractivity contribution in [2.75, 3.05) is 11.5 Å². The number of aromatic nitrogens is 1. The molecule has 1 unspecified atom stereocenters. The second-order valence-electron chi connectivity index (χ2n) is 5.29. The summed E-state index contributed by atoms with van der Waals surface area (Å²) in [5.41, 5.74) is 8.92. The number of hydrogen-bond donors (Lipinski definition) is 1. The van der Waals surface area contributed by atoms with E-state index in [0.29, 0.717) is 0 Å². The van der Waals surface area contributed by atoms with E-state index in [1.54, 1.807) is 0 Å². The molecule has 0 saturated heterocycles. The van der Waals surface area contributed by atoms with Gasteiger partial charge in [-0.3, -0.25) is 0 Å². The van der Waals surface area contributed by atoms with Crippen LogP contribution in [0.4, 0.5) is 0 Å². The van der Waals surface area contributed by atoms with Gasteiger partial charge < -0.3 is 10.3 Å². The predicted octanol–water partition coefficient (Wildman–Crippen LogP) is 4.06. The van der Waals surface area contributed by atoms with Gasteiger partial charge in [-0.25, -0.2) is 0 Å². The van der Waals surface area contributed by atoms with Crippen LogP contribution in [0, 0.1) is 0 Å². The number of rotatable bonds is 8. The molecule has 0 amide bonds. The number of aryl methyl sites for hydroxylation is 1. The average Bonchev–Trinajstić information content (AvgIpc) is 2.88. The summed E-state index contributed by atoms with van der Waals surface area (Å²) in [6.45, 7) is 5.49. The molecule has 2 nitrogen and oxygen atoms in total. The Hall–Kier alpha value is -0.930. The van der Waals surface area contributed by atoms with Crippen LogP contribution in [0.3, 0.4) is 0 Å². The Kier molecular flexibility index (Phi) is 5.99. The molecule has 2 N–H and O–H groups in total. The maximum Gasteiger partial charge on any atom is 0.0513 e. The third-order valence-electron chi connectivity index (χ3n) is 3.77. The van der Waals surface area contributed by atoms with Gasteiger partial charge in [0.25, 0.3) is 0 Å². The lowest BCUT2D eigenvalue weighted by atomic mass is 10.0. The predicted molar refractivity (Wildman–Crippen MR) is 91.5 cm³/mol. The summed E-state index contributed by atoms with van der Waals surface area (Å²) >= 11 is 2.02. The van der Waals surface area contributed by atoms with Crippen LogP contribution >= 0.6 is 11.8 Å². The van der Waals surface area contributed by atoms with Gasteiger partial charge in [0.1, 0.15) is 0 Å². The van der Waals surface area contributed by atoms with E-state index < -0.39 is 0 Å². The van der Waals surface area contributed by atoms with Crippen LogP contribution in [0.1, 0.15) is 32.3 Å². The van der Waals surface area contributed by atoms with Gasteiger partial charge in [0.05, 0.1) is 5.52 Å². The van der Waals surface area contributed by atoms with Crippen molar-refractivity contribution in [3.8, 4) is 0 Å². The molecule has 0 saturated carbocycles. The van der Waals surface area contributed by atoms with E-state index in [4.69, 9.17) is 5.73 Å². The van der Waals surface area contributed by atoms with Crippen molar-refractivity contribution in [3.05, 3.63) is 36.0 Å². The molecule has 0 aliphatic carbocycles. The molecule has 2 aromatic rings. The van der Waals surface area contributed by atoms with Crippen molar-refractivity contribution in [3.63, 3.8) is 0 Å². The van der Waals surface area contributed by atoms with Gasteiger partial charge >= 0.3 is 0 Å². The summed E-state index contributed by atoms with van der Waals surface area (Å²) in [4.78, 5) is 0. The Morgan fingerprint density at radius 3 is 2.85 bits per heavy atom. The maximum atomic E-state index is 6.14. The van der Waals surface area contributed by atoms with E-state index in [1.165, 1.54) is 34.4 Å². The van der Waals surface area contributed by atoms with Crippen LogP contribution in [-0.2, 0) is 13.0 Å². The summed E-state index contributed by atoms with van der Waals surface area (Å²) < 4.78 is 2.41. The molecule has 20 heavy (non-hydrogen) atoms. The average molecular weight is 290 g/mol. The maximum absolute atomic E-state index is 6.14. The second-order valence-corrected chi connectivity index (χ2v) is 6.68. The topological polar surface area (TPSA) is 30.9 Å². The standard InChI is InChI=1S/C17H26N2S/c1-3-16(18)13-15-8-5-7-14-9-11-19(17(14)15)10-6-12-20-4-2/h5,7-9,11,16H,3-4,6,10,12-13,18H2,1-2H3. The SMILES string of the molecule is CCSCCCn1ccc2cccc(CC(N)CC)c21. The van der Waals surface area contributed by atoms with E-state index in [1.807, 2.05) is 11.8 Å². The second kappa shape index (κ2) is 7.75. The summed E-state index contributed by atoms with van der Waals surface area (Å²) in [6.07, 6.45) is 5.46. The van der Waals surface area contributed by atoms with E-state index in [2.05, 4.69) is 48.9 Å².